The predicted molar refractivity (Wildman–Crippen MR) is 171 cm³/mol. The van der Waals surface area contributed by atoms with Crippen LogP contribution in [0.2, 0.25) is 0 Å². The van der Waals surface area contributed by atoms with E-state index in [2.05, 4.69) is 40.4 Å². The van der Waals surface area contributed by atoms with Crippen LogP contribution in [0.4, 0.5) is 0 Å². The van der Waals surface area contributed by atoms with Gasteiger partial charge in [0.25, 0.3) is 0 Å². The van der Waals surface area contributed by atoms with E-state index in [1.807, 2.05) is 6.92 Å². The third kappa shape index (κ3) is 20.3. The summed E-state index contributed by atoms with van der Waals surface area (Å²) in [6.07, 6.45) is 3.78. The van der Waals surface area contributed by atoms with Crippen molar-refractivity contribution in [3.05, 3.63) is 0 Å². The fourth-order valence-corrected chi connectivity index (χ4v) is 5.26. The van der Waals surface area contributed by atoms with Gasteiger partial charge in [-0.25, -0.2) is 0 Å². The van der Waals surface area contributed by atoms with Crippen LogP contribution in [-0.2, 0) is 14.3 Å². The van der Waals surface area contributed by atoms with Crippen molar-refractivity contribution in [3.63, 3.8) is 0 Å². The first-order chi connectivity index (χ1) is 21.0. The SMILES string of the molecule is CC(C)CC(O)NCCOCCOCCN[C@H](O)CCCC(C=O)N[C@@H](O)C1CCC(NCC(CN)N[C@H](C)C(N)O)CC1. The lowest BCUT2D eigenvalue weighted by Crippen LogP contribution is -2.54. The zero-order chi connectivity index (χ0) is 32.7. The van der Waals surface area contributed by atoms with Crippen LogP contribution in [0.1, 0.15) is 72.1 Å². The molecule has 0 aromatic carbocycles. The minimum atomic E-state index is -0.942. The van der Waals surface area contributed by atoms with Crippen LogP contribution < -0.4 is 38.1 Å². The van der Waals surface area contributed by atoms with E-state index in [0.29, 0.717) is 90.2 Å². The number of hydrogen-bond donors (Lipinski definition) is 11. The summed E-state index contributed by atoms with van der Waals surface area (Å²) < 4.78 is 11.0. The Kier molecular flexibility index (Phi) is 23.6. The quantitative estimate of drug-likeness (QED) is 0.0261. The molecule has 262 valence electrons. The van der Waals surface area contributed by atoms with Gasteiger partial charge in [0.15, 0.2) is 0 Å². The molecule has 44 heavy (non-hydrogen) atoms. The van der Waals surface area contributed by atoms with Crippen molar-refractivity contribution in [2.45, 2.75) is 121 Å². The second kappa shape index (κ2) is 25.3. The highest BCUT2D eigenvalue weighted by Gasteiger charge is 2.28. The smallest absolute Gasteiger partial charge is 0.136 e. The van der Waals surface area contributed by atoms with Gasteiger partial charge < -0.3 is 56.8 Å². The standard InChI is InChI=1S/C30H65N7O7/c1-21(2)17-28(40)34-12-14-44-16-15-43-13-11-33-27(39)6-4-5-25(20-38)37-30(42)23-7-9-24(10-8-23)35-19-26(18-31)36-22(3)29(32)41/h20-30,33-37,39-42H,4-19,31-32H2,1-3H3/t22-,23?,24?,25?,26?,27-,28?,29?,30+/m1/s1. The lowest BCUT2D eigenvalue weighted by Gasteiger charge is -2.34. The van der Waals surface area contributed by atoms with E-state index in [1.165, 1.54) is 0 Å². The van der Waals surface area contributed by atoms with E-state index in [4.69, 9.17) is 20.9 Å². The molecule has 1 aliphatic carbocycles. The number of ether oxygens (including phenoxy) is 2. The van der Waals surface area contributed by atoms with Gasteiger partial charge in [0.1, 0.15) is 31.2 Å². The van der Waals surface area contributed by atoms with E-state index in [9.17, 15) is 25.2 Å². The number of aliphatic hydroxyl groups is 4. The van der Waals surface area contributed by atoms with E-state index in [1.54, 1.807) is 0 Å². The third-order valence-corrected chi connectivity index (χ3v) is 8.03. The van der Waals surface area contributed by atoms with Gasteiger partial charge in [0, 0.05) is 44.3 Å². The van der Waals surface area contributed by atoms with Crippen molar-refractivity contribution < 1.29 is 34.7 Å². The van der Waals surface area contributed by atoms with Crippen molar-refractivity contribution in [3.8, 4) is 0 Å². The molecule has 0 bridgehead atoms. The normalized spacial score (nSPS) is 22.3. The van der Waals surface area contributed by atoms with Crippen LogP contribution in [0.3, 0.4) is 0 Å². The van der Waals surface area contributed by atoms with Crippen LogP contribution >= 0.6 is 0 Å². The number of carbonyl (C=O) groups excluding carboxylic acids is 1. The van der Waals surface area contributed by atoms with Crippen molar-refractivity contribution >= 4 is 6.29 Å². The van der Waals surface area contributed by atoms with Crippen molar-refractivity contribution in [1.29, 1.82) is 0 Å². The summed E-state index contributed by atoms with van der Waals surface area (Å²) in [5.41, 5.74) is 11.4. The molecule has 1 saturated carbocycles. The molecule has 0 spiro atoms. The molecule has 14 nitrogen and oxygen atoms in total. The molecule has 4 unspecified atom stereocenters. The second-order valence-corrected chi connectivity index (χ2v) is 12.5. The number of hydrogen-bond acceptors (Lipinski definition) is 14. The predicted octanol–water partition coefficient (Wildman–Crippen LogP) is -1.74. The molecule has 0 aliphatic heterocycles. The Morgan fingerprint density at radius 1 is 0.864 bits per heavy atom. The Morgan fingerprint density at radius 3 is 2.02 bits per heavy atom. The highest BCUT2D eigenvalue weighted by molar-refractivity contribution is 5.57. The number of nitrogens with two attached hydrogens (primary N) is 2. The maximum atomic E-state index is 11.6. The number of aliphatic hydroxyl groups excluding tert-OH is 4. The summed E-state index contributed by atoms with van der Waals surface area (Å²) >= 11 is 0. The van der Waals surface area contributed by atoms with Gasteiger partial charge in [-0.05, 0) is 70.1 Å². The largest absolute Gasteiger partial charge is 0.379 e. The average Bonchev–Trinajstić information content (AvgIpc) is 2.99. The lowest BCUT2D eigenvalue weighted by atomic mass is 9.84. The molecular formula is C30H65N7O7. The summed E-state index contributed by atoms with van der Waals surface area (Å²) in [6.45, 7) is 9.97. The molecule has 0 aromatic rings. The fourth-order valence-electron chi connectivity index (χ4n) is 5.26. The molecule has 1 fully saturated rings. The molecule has 0 heterocycles. The van der Waals surface area contributed by atoms with Gasteiger partial charge in [-0.15, -0.1) is 0 Å². The highest BCUT2D eigenvalue weighted by atomic mass is 16.5. The van der Waals surface area contributed by atoms with Gasteiger partial charge >= 0.3 is 0 Å². The molecule has 14 heteroatoms. The fraction of sp³-hybridized carbons (Fsp3) is 0.967. The molecule has 0 aromatic heterocycles. The molecule has 0 saturated heterocycles. The van der Waals surface area contributed by atoms with Gasteiger partial charge in [0.2, 0.25) is 0 Å². The van der Waals surface area contributed by atoms with Crippen molar-refractivity contribution in [2.24, 2.45) is 23.3 Å². The monoisotopic (exact) mass is 635 g/mol. The highest BCUT2D eigenvalue weighted by Crippen LogP contribution is 2.26. The van der Waals surface area contributed by atoms with Crippen LogP contribution in [0.5, 0.6) is 0 Å². The van der Waals surface area contributed by atoms with E-state index < -0.39 is 31.0 Å². The van der Waals surface area contributed by atoms with Gasteiger partial charge in [0.05, 0.1) is 32.5 Å². The summed E-state index contributed by atoms with van der Waals surface area (Å²) in [6, 6.07) is -0.395. The second-order valence-electron chi connectivity index (χ2n) is 12.5. The summed E-state index contributed by atoms with van der Waals surface area (Å²) in [5, 5.41) is 56.0. The average molecular weight is 636 g/mol. The van der Waals surface area contributed by atoms with E-state index in [-0.39, 0.29) is 18.0 Å². The first kappa shape index (κ1) is 41.2. The van der Waals surface area contributed by atoms with Crippen molar-refractivity contribution in [2.75, 3.05) is 52.6 Å². The van der Waals surface area contributed by atoms with Crippen LogP contribution in [-0.4, -0.2) is 128 Å². The number of carbonyl (C=O) groups is 1. The minimum absolute atomic E-state index is 0.00325. The van der Waals surface area contributed by atoms with Gasteiger partial charge in [-0.1, -0.05) is 13.8 Å². The van der Waals surface area contributed by atoms with Crippen LogP contribution in [0, 0.1) is 11.8 Å². The molecular weight excluding hydrogens is 570 g/mol. The molecule has 7 atom stereocenters. The zero-order valence-corrected chi connectivity index (χ0v) is 27.3. The summed E-state index contributed by atoms with van der Waals surface area (Å²) in [5.74, 6) is 0.506. The first-order valence-electron chi connectivity index (χ1n) is 16.6. The zero-order valence-electron chi connectivity index (χ0n) is 27.3. The Hall–Kier alpha value is -0.850. The maximum Gasteiger partial charge on any atom is 0.136 e. The van der Waals surface area contributed by atoms with E-state index in [0.717, 1.165) is 32.0 Å². The molecule has 0 radical (unpaired) electrons. The number of nitrogens with one attached hydrogen (secondary N) is 5. The Morgan fingerprint density at radius 2 is 1.48 bits per heavy atom. The summed E-state index contributed by atoms with van der Waals surface area (Å²) in [4.78, 5) is 11.6. The lowest BCUT2D eigenvalue weighted by molar-refractivity contribution is -0.111. The molecule has 1 aliphatic rings. The van der Waals surface area contributed by atoms with Gasteiger partial charge in [-0.3, -0.25) is 16.0 Å². The number of aldehydes is 1. The first-order valence-corrected chi connectivity index (χ1v) is 16.6. The molecule has 13 N–H and O–H groups in total. The Balaban J connectivity index is 2.09. The maximum absolute atomic E-state index is 11.6. The molecule has 0 amide bonds. The Labute approximate surface area is 264 Å². The van der Waals surface area contributed by atoms with E-state index >= 15 is 0 Å². The topological polar surface area (TPSA) is 229 Å². The van der Waals surface area contributed by atoms with Crippen LogP contribution in [0.15, 0.2) is 0 Å². The summed E-state index contributed by atoms with van der Waals surface area (Å²) in [7, 11) is 0. The number of rotatable bonds is 28. The van der Waals surface area contributed by atoms with Crippen molar-refractivity contribution in [1.82, 2.24) is 26.6 Å². The van der Waals surface area contributed by atoms with Crippen LogP contribution in [0.25, 0.3) is 0 Å². The van der Waals surface area contributed by atoms with Gasteiger partial charge in [-0.2, -0.15) is 0 Å². The third-order valence-electron chi connectivity index (χ3n) is 8.03. The minimum Gasteiger partial charge on any atom is -0.379 e. The Bertz CT molecular complexity index is 690. The molecule has 1 rings (SSSR count).